The van der Waals surface area contributed by atoms with E-state index in [2.05, 4.69) is 46.2 Å². The quantitative estimate of drug-likeness (QED) is 0.637. The summed E-state index contributed by atoms with van der Waals surface area (Å²) in [5, 5.41) is 4.57. The lowest BCUT2D eigenvalue weighted by atomic mass is 9.93. The minimum absolute atomic E-state index is 0.0368. The molecule has 7 heteroatoms. The number of amides is 1. The van der Waals surface area contributed by atoms with Crippen LogP contribution in [0.1, 0.15) is 29.7 Å². The highest BCUT2D eigenvalue weighted by atomic mass is 16.5. The van der Waals surface area contributed by atoms with Gasteiger partial charge in [0.1, 0.15) is 12.4 Å². The van der Waals surface area contributed by atoms with Gasteiger partial charge in [0, 0.05) is 18.8 Å². The van der Waals surface area contributed by atoms with Crippen LogP contribution < -0.4 is 4.90 Å². The van der Waals surface area contributed by atoms with Gasteiger partial charge in [-0.1, -0.05) is 60.2 Å². The van der Waals surface area contributed by atoms with Crippen LogP contribution in [0.3, 0.4) is 0 Å². The topological polar surface area (TPSA) is 63.5 Å². The Labute approximate surface area is 187 Å². The van der Waals surface area contributed by atoms with Gasteiger partial charge in [0.15, 0.2) is 0 Å². The minimum atomic E-state index is -0.321. The molecule has 1 fully saturated rings. The van der Waals surface area contributed by atoms with Gasteiger partial charge < -0.3 is 14.5 Å². The monoisotopic (exact) mass is 429 g/mol. The molecule has 3 heterocycles. The van der Waals surface area contributed by atoms with Crippen LogP contribution in [0.5, 0.6) is 0 Å². The molecule has 0 saturated carbocycles. The van der Waals surface area contributed by atoms with Gasteiger partial charge in [-0.25, -0.2) is 4.68 Å². The van der Waals surface area contributed by atoms with E-state index in [1.54, 1.807) is 6.33 Å². The molecule has 0 bridgehead atoms. The number of nitrogens with zero attached hydrogens (tertiary/aromatic N) is 5. The van der Waals surface area contributed by atoms with Crippen molar-refractivity contribution in [1.29, 1.82) is 0 Å². The SMILES string of the molecule is CC1=C(C(=O)N2CCOCC2)C(c2ccccc2)n2ncnc2N1Cc1ccc(C)cc1. The van der Waals surface area contributed by atoms with Crippen LogP contribution in [0.15, 0.2) is 72.2 Å². The molecule has 1 saturated heterocycles. The van der Waals surface area contributed by atoms with Crippen LogP contribution in [0.25, 0.3) is 0 Å². The number of aromatic nitrogens is 3. The van der Waals surface area contributed by atoms with E-state index in [1.807, 2.05) is 46.8 Å². The van der Waals surface area contributed by atoms with E-state index in [-0.39, 0.29) is 11.9 Å². The van der Waals surface area contributed by atoms with E-state index in [9.17, 15) is 4.79 Å². The summed E-state index contributed by atoms with van der Waals surface area (Å²) in [5.74, 6) is 0.783. The molecule has 2 aliphatic rings. The van der Waals surface area contributed by atoms with Gasteiger partial charge in [-0.3, -0.25) is 4.79 Å². The van der Waals surface area contributed by atoms with Gasteiger partial charge in [0.2, 0.25) is 5.95 Å². The van der Waals surface area contributed by atoms with Crippen molar-refractivity contribution in [2.75, 3.05) is 31.2 Å². The maximum Gasteiger partial charge on any atom is 0.254 e. The lowest BCUT2D eigenvalue weighted by Crippen LogP contribution is -2.45. The van der Waals surface area contributed by atoms with Crippen molar-refractivity contribution in [2.45, 2.75) is 26.4 Å². The second-order valence-electron chi connectivity index (χ2n) is 8.29. The van der Waals surface area contributed by atoms with Gasteiger partial charge >= 0.3 is 0 Å². The highest BCUT2D eigenvalue weighted by Crippen LogP contribution is 2.39. The number of ether oxygens (including phenoxy) is 1. The second kappa shape index (κ2) is 8.59. The number of hydrogen-bond acceptors (Lipinski definition) is 5. The first kappa shape index (κ1) is 20.5. The van der Waals surface area contributed by atoms with Crippen molar-refractivity contribution < 1.29 is 9.53 Å². The Morgan fingerprint density at radius 2 is 1.75 bits per heavy atom. The first-order valence-electron chi connectivity index (χ1n) is 11.0. The van der Waals surface area contributed by atoms with Crippen molar-refractivity contribution in [3.63, 3.8) is 0 Å². The van der Waals surface area contributed by atoms with E-state index in [0.717, 1.165) is 28.3 Å². The molecule has 2 aliphatic heterocycles. The Bertz CT molecular complexity index is 1130. The largest absolute Gasteiger partial charge is 0.378 e. The molecule has 0 aliphatic carbocycles. The smallest absolute Gasteiger partial charge is 0.254 e. The molecule has 1 aromatic heterocycles. The van der Waals surface area contributed by atoms with Crippen LogP contribution in [0, 0.1) is 6.92 Å². The Balaban J connectivity index is 1.62. The van der Waals surface area contributed by atoms with Crippen LogP contribution in [-0.2, 0) is 16.1 Å². The normalized spacial score (nSPS) is 18.6. The standard InChI is InChI=1S/C25H27N5O2/c1-18-8-10-20(11-9-18)16-29-19(2)22(24(31)28-12-14-32-15-13-28)23(21-6-4-3-5-7-21)30-25(29)26-17-27-30/h3-11,17,23H,12-16H2,1-2H3. The lowest BCUT2D eigenvalue weighted by Gasteiger charge is -2.38. The zero-order valence-electron chi connectivity index (χ0n) is 18.4. The van der Waals surface area contributed by atoms with Crippen molar-refractivity contribution in [1.82, 2.24) is 19.7 Å². The summed E-state index contributed by atoms with van der Waals surface area (Å²) in [4.78, 5) is 22.4. The number of fused-ring (bicyclic) bond motifs is 1. The van der Waals surface area contributed by atoms with Crippen molar-refractivity contribution in [3.8, 4) is 0 Å². The summed E-state index contributed by atoms with van der Waals surface area (Å²) in [7, 11) is 0. The molecule has 0 radical (unpaired) electrons. The first-order valence-corrected chi connectivity index (χ1v) is 11.0. The molecule has 1 amide bonds. The van der Waals surface area contributed by atoms with E-state index < -0.39 is 0 Å². The molecule has 1 atom stereocenters. The van der Waals surface area contributed by atoms with Crippen LogP contribution >= 0.6 is 0 Å². The van der Waals surface area contributed by atoms with Crippen LogP contribution in [-0.4, -0.2) is 51.9 Å². The van der Waals surface area contributed by atoms with Crippen molar-refractivity contribution in [2.24, 2.45) is 0 Å². The Morgan fingerprint density at radius 3 is 2.47 bits per heavy atom. The first-order chi connectivity index (χ1) is 15.6. The average molecular weight is 430 g/mol. The molecule has 0 N–H and O–H groups in total. The number of hydrogen-bond donors (Lipinski definition) is 0. The van der Waals surface area contributed by atoms with Gasteiger partial charge in [-0.2, -0.15) is 10.1 Å². The highest BCUT2D eigenvalue weighted by molar-refractivity contribution is 5.97. The van der Waals surface area contributed by atoms with Crippen LogP contribution in [0.4, 0.5) is 5.95 Å². The fourth-order valence-electron chi connectivity index (χ4n) is 4.45. The second-order valence-corrected chi connectivity index (χ2v) is 8.29. The van der Waals surface area contributed by atoms with Crippen LogP contribution in [0.2, 0.25) is 0 Å². The molecule has 1 unspecified atom stereocenters. The van der Waals surface area contributed by atoms with Crippen molar-refractivity contribution >= 4 is 11.9 Å². The number of allylic oxidation sites excluding steroid dienone is 1. The lowest BCUT2D eigenvalue weighted by molar-refractivity contribution is -0.131. The van der Waals surface area contributed by atoms with E-state index >= 15 is 0 Å². The predicted octanol–water partition coefficient (Wildman–Crippen LogP) is 3.33. The molecule has 0 spiro atoms. The van der Waals surface area contributed by atoms with Gasteiger partial charge in [-0.15, -0.1) is 0 Å². The fraction of sp³-hybridized carbons (Fsp3) is 0.320. The number of benzene rings is 2. The third kappa shape index (κ3) is 3.69. The number of aryl methyl sites for hydroxylation is 1. The summed E-state index contributed by atoms with van der Waals surface area (Å²) < 4.78 is 7.36. The molecular weight excluding hydrogens is 402 g/mol. The summed E-state index contributed by atoms with van der Waals surface area (Å²) >= 11 is 0. The predicted molar refractivity (Wildman–Crippen MR) is 122 cm³/mol. The summed E-state index contributed by atoms with van der Waals surface area (Å²) in [6.45, 7) is 7.04. The molecule has 2 aromatic carbocycles. The fourth-order valence-corrected chi connectivity index (χ4v) is 4.45. The number of morpholine rings is 1. The number of carbonyl (C=O) groups excluding carboxylic acids is 1. The van der Waals surface area contributed by atoms with E-state index in [4.69, 9.17) is 4.74 Å². The van der Waals surface area contributed by atoms with E-state index in [0.29, 0.717) is 32.8 Å². The maximum absolute atomic E-state index is 13.8. The Kier molecular flexibility index (Phi) is 5.49. The summed E-state index contributed by atoms with van der Waals surface area (Å²) in [6.07, 6.45) is 1.57. The Hall–Kier alpha value is -3.45. The van der Waals surface area contributed by atoms with Gasteiger partial charge in [0.25, 0.3) is 5.91 Å². The Morgan fingerprint density at radius 1 is 1.03 bits per heavy atom. The molecule has 32 heavy (non-hydrogen) atoms. The van der Waals surface area contributed by atoms with Crippen molar-refractivity contribution in [3.05, 3.63) is 88.9 Å². The zero-order valence-corrected chi connectivity index (χ0v) is 18.4. The summed E-state index contributed by atoms with van der Waals surface area (Å²) in [5.41, 5.74) is 5.04. The summed E-state index contributed by atoms with van der Waals surface area (Å²) in [6, 6.07) is 18.2. The minimum Gasteiger partial charge on any atom is -0.378 e. The average Bonchev–Trinajstić information content (AvgIpc) is 3.32. The maximum atomic E-state index is 13.8. The number of anilines is 1. The molecule has 164 valence electrons. The van der Waals surface area contributed by atoms with E-state index in [1.165, 1.54) is 5.56 Å². The molecule has 5 rings (SSSR count). The number of rotatable bonds is 4. The third-order valence-electron chi connectivity index (χ3n) is 6.21. The van der Waals surface area contributed by atoms with Gasteiger partial charge in [0.05, 0.1) is 25.3 Å². The highest BCUT2D eigenvalue weighted by Gasteiger charge is 2.38. The third-order valence-corrected chi connectivity index (χ3v) is 6.21. The zero-order chi connectivity index (χ0) is 22.1. The molecular formula is C25H27N5O2. The molecule has 3 aromatic rings. The number of carbonyl (C=O) groups is 1. The van der Waals surface area contributed by atoms with Gasteiger partial charge in [-0.05, 0) is 25.0 Å². The molecule has 7 nitrogen and oxygen atoms in total.